The van der Waals surface area contributed by atoms with Gasteiger partial charge in [-0.3, -0.25) is 0 Å². The van der Waals surface area contributed by atoms with Gasteiger partial charge in [-0.25, -0.2) is 0 Å². The molecule has 4 aliphatic rings. The Hall–Kier alpha value is -8.05. The first-order chi connectivity index (χ1) is 32.7. The second kappa shape index (κ2) is 13.3. The van der Waals surface area contributed by atoms with Crippen LogP contribution in [0.2, 0.25) is 0 Å². The molecule has 0 fully saturated rings. The minimum atomic E-state index is -0.621. The van der Waals surface area contributed by atoms with Crippen molar-refractivity contribution in [3.8, 4) is 33.8 Å². The number of para-hydroxylation sites is 3. The topological polar surface area (TPSA) is 25.6 Å². The fourth-order valence-electron chi connectivity index (χ4n) is 12.4. The average molecular weight is 860 g/mol. The van der Waals surface area contributed by atoms with E-state index < -0.39 is 10.8 Å². The summed E-state index contributed by atoms with van der Waals surface area (Å²) in [5.41, 5.74) is 18.8. The monoisotopic (exact) mass is 859 g/mol. The minimum Gasteiger partial charge on any atom is -0.457 e. The smallest absolute Gasteiger partial charge is 0.137 e. The molecule has 308 valence electrons. The van der Waals surface area contributed by atoms with Crippen molar-refractivity contribution in [2.24, 2.45) is 0 Å². The fourth-order valence-corrected chi connectivity index (χ4v) is 13.6. The highest BCUT2D eigenvalue weighted by Gasteiger charge is 2.53. The van der Waals surface area contributed by atoms with E-state index >= 15 is 0 Å². The summed E-state index contributed by atoms with van der Waals surface area (Å²) in [6.45, 7) is 0. The normalized spacial score (nSPS) is 14.7. The highest BCUT2D eigenvalue weighted by atomic mass is 32.2. The van der Waals surface area contributed by atoms with Crippen LogP contribution in [0.1, 0.15) is 44.5 Å². The zero-order valence-corrected chi connectivity index (χ0v) is 36.4. The number of anilines is 3. The number of hydrogen-bond acceptors (Lipinski definition) is 4. The van der Waals surface area contributed by atoms with E-state index in [4.69, 9.17) is 9.15 Å². The summed E-state index contributed by atoms with van der Waals surface area (Å²) in [6.07, 6.45) is 0. The first-order valence-corrected chi connectivity index (χ1v) is 23.5. The maximum absolute atomic E-state index is 6.74. The standard InChI is InChI=1S/C62H37NO2S/c1-4-20-43-39(17-1)40-36-35-38(37-50(40)62(43)47-24-8-13-33-57(47)66-58-34-14-9-25-48(58)62)63(52-28-16-32-56-60(52)42-19-3-10-29-53(42)64-56)51-27-15-26-49-59(51)41-18-2-5-21-44(41)61(49)45-22-6-11-30-54(45)65-55-31-12-7-23-46(55)61/h1-37H. The van der Waals surface area contributed by atoms with Gasteiger partial charge in [0.15, 0.2) is 0 Å². The lowest BCUT2D eigenvalue weighted by molar-refractivity contribution is 0.436. The van der Waals surface area contributed by atoms with Gasteiger partial charge in [0.25, 0.3) is 0 Å². The van der Waals surface area contributed by atoms with Crippen LogP contribution in [0.15, 0.2) is 239 Å². The summed E-state index contributed by atoms with van der Waals surface area (Å²) < 4.78 is 13.4. The van der Waals surface area contributed by atoms with Crippen LogP contribution in [-0.4, -0.2) is 0 Å². The van der Waals surface area contributed by atoms with E-state index in [2.05, 4.69) is 229 Å². The molecule has 15 rings (SSSR count). The van der Waals surface area contributed by atoms with Gasteiger partial charge in [0.1, 0.15) is 22.7 Å². The minimum absolute atomic E-state index is 0.537. The Bertz CT molecular complexity index is 3790. The van der Waals surface area contributed by atoms with Crippen LogP contribution in [0, 0.1) is 0 Å². The van der Waals surface area contributed by atoms with E-state index in [0.29, 0.717) is 0 Å². The Morgan fingerprint density at radius 3 is 1.62 bits per heavy atom. The fraction of sp³-hybridized carbons (Fsp3) is 0.0323. The maximum atomic E-state index is 6.74. The summed E-state index contributed by atoms with van der Waals surface area (Å²) in [5, 5.41) is 2.17. The van der Waals surface area contributed by atoms with Crippen LogP contribution >= 0.6 is 11.8 Å². The van der Waals surface area contributed by atoms with Gasteiger partial charge >= 0.3 is 0 Å². The molecule has 0 saturated carbocycles. The number of furan rings is 1. The van der Waals surface area contributed by atoms with Crippen molar-refractivity contribution in [2.75, 3.05) is 4.90 Å². The Labute approximate surface area is 386 Å². The van der Waals surface area contributed by atoms with Crippen molar-refractivity contribution in [1.29, 1.82) is 0 Å². The molecule has 0 unspecified atom stereocenters. The second-order valence-corrected chi connectivity index (χ2v) is 18.9. The van der Waals surface area contributed by atoms with Gasteiger partial charge < -0.3 is 14.1 Å². The van der Waals surface area contributed by atoms with Crippen molar-refractivity contribution in [3.63, 3.8) is 0 Å². The first kappa shape index (κ1) is 36.3. The Kier molecular flexibility index (Phi) is 7.29. The predicted octanol–water partition coefficient (Wildman–Crippen LogP) is 16.4. The van der Waals surface area contributed by atoms with Gasteiger partial charge in [-0.2, -0.15) is 0 Å². The van der Waals surface area contributed by atoms with Crippen LogP contribution < -0.4 is 9.64 Å². The Balaban J connectivity index is 1.07. The zero-order valence-electron chi connectivity index (χ0n) is 35.5. The van der Waals surface area contributed by atoms with Gasteiger partial charge in [0.2, 0.25) is 0 Å². The van der Waals surface area contributed by atoms with E-state index in [1.165, 1.54) is 65.4 Å². The van der Waals surface area contributed by atoms with Gasteiger partial charge in [-0.1, -0.05) is 176 Å². The third-order valence-corrected chi connectivity index (χ3v) is 16.0. The third-order valence-electron chi connectivity index (χ3n) is 14.8. The maximum Gasteiger partial charge on any atom is 0.137 e. The van der Waals surface area contributed by atoms with E-state index in [-0.39, 0.29) is 0 Å². The van der Waals surface area contributed by atoms with Crippen LogP contribution in [0.5, 0.6) is 11.5 Å². The molecule has 11 aromatic rings. The second-order valence-electron chi connectivity index (χ2n) is 17.8. The lowest BCUT2D eigenvalue weighted by Crippen LogP contribution is -2.32. The summed E-state index contributed by atoms with van der Waals surface area (Å²) in [4.78, 5) is 5.11. The molecule has 4 heteroatoms. The SMILES string of the molecule is c1ccc2c(c1)Oc1ccccc1C21c2ccccc2-c2c(N(c3ccc4c(c3)C3(c5ccccc5Sc5ccccc53)c3ccccc3-4)c3cccc4oc5ccccc5c34)cccc21. The van der Waals surface area contributed by atoms with E-state index in [1.54, 1.807) is 0 Å². The lowest BCUT2D eigenvalue weighted by atomic mass is 9.66. The molecule has 0 saturated heterocycles. The van der Waals surface area contributed by atoms with E-state index in [9.17, 15) is 0 Å². The molecular weight excluding hydrogens is 823 g/mol. The van der Waals surface area contributed by atoms with Crippen molar-refractivity contribution in [1.82, 2.24) is 0 Å². The first-order valence-electron chi connectivity index (χ1n) is 22.7. The van der Waals surface area contributed by atoms with Crippen LogP contribution in [0.25, 0.3) is 44.2 Å². The van der Waals surface area contributed by atoms with Gasteiger partial charge in [-0.15, -0.1) is 0 Å². The Morgan fingerprint density at radius 2 is 0.879 bits per heavy atom. The molecule has 1 aromatic heterocycles. The van der Waals surface area contributed by atoms with Crippen molar-refractivity contribution in [2.45, 2.75) is 20.6 Å². The highest BCUT2D eigenvalue weighted by molar-refractivity contribution is 7.99. The molecule has 3 heterocycles. The number of ether oxygens (including phenoxy) is 1. The average Bonchev–Trinajstić information content (AvgIpc) is 4.00. The molecule has 3 nitrogen and oxygen atoms in total. The molecule has 0 radical (unpaired) electrons. The number of benzene rings is 10. The summed E-state index contributed by atoms with van der Waals surface area (Å²) >= 11 is 1.88. The van der Waals surface area contributed by atoms with Crippen LogP contribution in [0.3, 0.4) is 0 Å². The van der Waals surface area contributed by atoms with Crippen molar-refractivity contribution >= 4 is 50.8 Å². The Morgan fingerprint density at radius 1 is 0.364 bits per heavy atom. The number of fused-ring (bicyclic) bond motifs is 21. The van der Waals surface area contributed by atoms with Crippen LogP contribution in [-0.2, 0) is 10.8 Å². The molecule has 2 aliphatic heterocycles. The van der Waals surface area contributed by atoms with E-state index in [1.807, 2.05) is 11.8 Å². The van der Waals surface area contributed by atoms with Gasteiger partial charge in [0, 0.05) is 37.6 Å². The quantitative estimate of drug-likeness (QED) is 0.177. The molecule has 0 amide bonds. The largest absolute Gasteiger partial charge is 0.457 e. The summed E-state index contributed by atoms with van der Waals surface area (Å²) in [6, 6.07) is 82.6. The molecule has 0 N–H and O–H groups in total. The molecular formula is C62H37NO2S. The molecule has 2 spiro atoms. The van der Waals surface area contributed by atoms with Gasteiger partial charge in [0.05, 0.1) is 27.6 Å². The summed E-state index contributed by atoms with van der Waals surface area (Å²) in [5.74, 6) is 1.76. The van der Waals surface area contributed by atoms with Crippen molar-refractivity contribution < 1.29 is 9.15 Å². The van der Waals surface area contributed by atoms with Crippen LogP contribution in [0.4, 0.5) is 17.1 Å². The zero-order chi connectivity index (χ0) is 43.1. The van der Waals surface area contributed by atoms with E-state index in [0.717, 1.165) is 61.6 Å². The number of rotatable bonds is 3. The summed E-state index contributed by atoms with van der Waals surface area (Å²) in [7, 11) is 0. The van der Waals surface area contributed by atoms with Crippen molar-refractivity contribution in [3.05, 3.63) is 269 Å². The molecule has 10 aromatic carbocycles. The lowest BCUT2D eigenvalue weighted by Gasteiger charge is -2.40. The number of nitrogens with zero attached hydrogens (tertiary/aromatic N) is 1. The predicted molar refractivity (Wildman–Crippen MR) is 267 cm³/mol. The molecule has 2 aliphatic carbocycles. The molecule has 66 heavy (non-hydrogen) atoms. The van der Waals surface area contributed by atoms with Gasteiger partial charge in [-0.05, 0) is 111 Å². The molecule has 0 bridgehead atoms. The third kappa shape index (κ3) is 4.49. The molecule has 0 atom stereocenters. The highest BCUT2D eigenvalue weighted by Crippen LogP contribution is 2.66. The number of hydrogen-bond donors (Lipinski definition) is 0.